The number of halogens is 1. The van der Waals surface area contributed by atoms with E-state index in [4.69, 9.17) is 11.6 Å². The number of rotatable bonds is 4. The lowest BCUT2D eigenvalue weighted by Crippen LogP contribution is -2.39. The van der Waals surface area contributed by atoms with Crippen molar-refractivity contribution in [3.63, 3.8) is 0 Å². The molecule has 2 aromatic heterocycles. The number of aryl methyl sites for hydroxylation is 2. The highest BCUT2D eigenvalue weighted by atomic mass is 35.5. The first kappa shape index (κ1) is 15.9. The molecule has 2 aromatic rings. The van der Waals surface area contributed by atoms with Crippen molar-refractivity contribution in [3.05, 3.63) is 28.8 Å². The summed E-state index contributed by atoms with van der Waals surface area (Å²) in [6, 6.07) is 0. The Labute approximate surface area is 138 Å². The first-order valence-electron chi connectivity index (χ1n) is 7.50. The third-order valence-corrected chi connectivity index (χ3v) is 4.58. The van der Waals surface area contributed by atoms with Gasteiger partial charge in [-0.25, -0.2) is 4.68 Å². The van der Waals surface area contributed by atoms with Gasteiger partial charge in [-0.1, -0.05) is 23.7 Å². The molecule has 1 fully saturated rings. The van der Waals surface area contributed by atoms with E-state index in [0.29, 0.717) is 42.3 Å². The summed E-state index contributed by atoms with van der Waals surface area (Å²) in [4.78, 5) is 14.4. The minimum absolute atomic E-state index is 0.186. The second kappa shape index (κ2) is 5.93. The van der Waals surface area contributed by atoms with E-state index < -0.39 is 5.60 Å². The average molecular weight is 339 g/mol. The lowest BCUT2D eigenvalue weighted by Gasteiger charge is -2.23. The van der Waals surface area contributed by atoms with Crippen molar-refractivity contribution in [2.75, 3.05) is 13.1 Å². The van der Waals surface area contributed by atoms with Crippen LogP contribution in [-0.2, 0) is 20.0 Å². The van der Waals surface area contributed by atoms with Crippen LogP contribution in [0.3, 0.4) is 0 Å². The van der Waals surface area contributed by atoms with E-state index in [9.17, 15) is 9.90 Å². The van der Waals surface area contributed by atoms with Crippen molar-refractivity contribution in [2.24, 2.45) is 7.05 Å². The highest BCUT2D eigenvalue weighted by molar-refractivity contribution is 6.33. The van der Waals surface area contributed by atoms with Crippen molar-refractivity contribution in [1.29, 1.82) is 0 Å². The van der Waals surface area contributed by atoms with Gasteiger partial charge in [-0.2, -0.15) is 5.10 Å². The predicted molar refractivity (Wildman–Crippen MR) is 83.1 cm³/mol. The summed E-state index contributed by atoms with van der Waals surface area (Å²) in [5, 5.41) is 22.9. The van der Waals surface area contributed by atoms with Crippen LogP contribution in [0.1, 0.15) is 29.4 Å². The first-order valence-corrected chi connectivity index (χ1v) is 7.88. The fraction of sp³-hybridized carbons (Fsp3) is 0.571. The van der Waals surface area contributed by atoms with E-state index >= 15 is 0 Å². The van der Waals surface area contributed by atoms with Gasteiger partial charge in [0.25, 0.3) is 5.91 Å². The molecule has 3 heterocycles. The van der Waals surface area contributed by atoms with E-state index in [1.165, 1.54) is 4.68 Å². The summed E-state index contributed by atoms with van der Waals surface area (Å²) < 4.78 is 3.08. The molecule has 1 saturated heterocycles. The molecule has 0 spiro atoms. The van der Waals surface area contributed by atoms with Crippen LogP contribution in [0.15, 0.2) is 12.4 Å². The monoisotopic (exact) mass is 338 g/mol. The summed E-state index contributed by atoms with van der Waals surface area (Å²) in [5.41, 5.74) is 0.0978. The normalized spacial score (nSPS) is 21.1. The Morgan fingerprint density at radius 2 is 2.30 bits per heavy atom. The first-order chi connectivity index (χ1) is 10.9. The second-order valence-corrected chi connectivity index (χ2v) is 6.25. The van der Waals surface area contributed by atoms with Gasteiger partial charge in [0.2, 0.25) is 0 Å². The standard InChI is InChI=1S/C14H19ClN6O2/c1-3-10-11(12(15)19(2)17-10)13(22)20-6-4-14(23,8-20)9-21-7-5-16-18-21/h5,7,23H,3-4,6,8-9H2,1-2H3. The number of carbonyl (C=O) groups excluding carboxylic acids is 1. The van der Waals surface area contributed by atoms with Gasteiger partial charge in [-0.15, -0.1) is 5.10 Å². The van der Waals surface area contributed by atoms with Gasteiger partial charge in [-0.05, 0) is 12.8 Å². The lowest BCUT2D eigenvalue weighted by atomic mass is 10.0. The van der Waals surface area contributed by atoms with Gasteiger partial charge in [0.1, 0.15) is 10.8 Å². The Bertz CT molecular complexity index is 713. The Morgan fingerprint density at radius 3 is 2.96 bits per heavy atom. The van der Waals surface area contributed by atoms with Crippen LogP contribution < -0.4 is 0 Å². The topological polar surface area (TPSA) is 89.1 Å². The molecule has 1 atom stereocenters. The maximum Gasteiger partial charge on any atom is 0.259 e. The number of hydrogen-bond acceptors (Lipinski definition) is 5. The Hall–Kier alpha value is -1.93. The van der Waals surface area contributed by atoms with E-state index in [1.807, 2.05) is 6.92 Å². The molecule has 1 aliphatic heterocycles. The smallest absolute Gasteiger partial charge is 0.259 e. The number of amides is 1. The van der Waals surface area contributed by atoms with Crippen LogP contribution in [0, 0.1) is 0 Å². The maximum absolute atomic E-state index is 12.8. The Morgan fingerprint density at radius 1 is 1.52 bits per heavy atom. The summed E-state index contributed by atoms with van der Waals surface area (Å²) in [7, 11) is 1.71. The number of β-amino-alcohol motifs (C(OH)–C–C–N with tert-alkyl or cyclic N) is 1. The van der Waals surface area contributed by atoms with Crippen LogP contribution in [0.5, 0.6) is 0 Å². The van der Waals surface area contributed by atoms with E-state index in [-0.39, 0.29) is 12.5 Å². The fourth-order valence-electron chi connectivity index (χ4n) is 2.95. The summed E-state index contributed by atoms with van der Waals surface area (Å²) >= 11 is 6.22. The van der Waals surface area contributed by atoms with Gasteiger partial charge in [0.05, 0.1) is 30.5 Å². The number of aliphatic hydroxyl groups is 1. The van der Waals surface area contributed by atoms with Gasteiger partial charge in [-0.3, -0.25) is 9.48 Å². The number of nitrogens with zero attached hydrogens (tertiary/aromatic N) is 6. The van der Waals surface area contributed by atoms with Crippen LogP contribution >= 0.6 is 11.6 Å². The van der Waals surface area contributed by atoms with Crippen LogP contribution in [0.25, 0.3) is 0 Å². The van der Waals surface area contributed by atoms with Crippen LogP contribution in [0.2, 0.25) is 5.15 Å². The molecule has 1 unspecified atom stereocenters. The Kier molecular flexibility index (Phi) is 4.11. The molecule has 3 rings (SSSR count). The SMILES string of the molecule is CCc1nn(C)c(Cl)c1C(=O)N1CCC(O)(Cn2ccnn2)C1. The molecule has 1 amide bonds. The van der Waals surface area contributed by atoms with Gasteiger partial charge in [0.15, 0.2) is 0 Å². The van der Waals surface area contributed by atoms with Gasteiger partial charge < -0.3 is 10.0 Å². The van der Waals surface area contributed by atoms with Crippen LogP contribution in [-0.4, -0.2) is 59.4 Å². The second-order valence-electron chi connectivity index (χ2n) is 5.89. The number of aromatic nitrogens is 5. The molecule has 23 heavy (non-hydrogen) atoms. The molecule has 0 aromatic carbocycles. The minimum Gasteiger partial charge on any atom is -0.386 e. The molecule has 1 aliphatic rings. The summed E-state index contributed by atoms with van der Waals surface area (Å²) in [6.45, 7) is 2.94. The number of carbonyl (C=O) groups is 1. The molecule has 0 saturated carbocycles. The van der Waals surface area contributed by atoms with Crippen molar-refractivity contribution in [3.8, 4) is 0 Å². The minimum atomic E-state index is -1.01. The third kappa shape index (κ3) is 2.96. The Balaban J connectivity index is 1.77. The highest BCUT2D eigenvalue weighted by Gasteiger charge is 2.40. The quantitative estimate of drug-likeness (QED) is 0.877. The van der Waals surface area contributed by atoms with Crippen molar-refractivity contribution in [1.82, 2.24) is 29.7 Å². The van der Waals surface area contributed by atoms with E-state index in [2.05, 4.69) is 15.4 Å². The molecule has 1 N–H and O–H groups in total. The maximum atomic E-state index is 12.8. The third-order valence-electron chi connectivity index (χ3n) is 4.15. The van der Waals surface area contributed by atoms with Gasteiger partial charge >= 0.3 is 0 Å². The molecular formula is C14H19ClN6O2. The molecule has 124 valence electrons. The number of hydrogen-bond donors (Lipinski definition) is 1. The highest BCUT2D eigenvalue weighted by Crippen LogP contribution is 2.28. The lowest BCUT2D eigenvalue weighted by molar-refractivity contribution is 0.0266. The average Bonchev–Trinajstić information content (AvgIpc) is 3.21. The van der Waals surface area contributed by atoms with Crippen LogP contribution in [0.4, 0.5) is 0 Å². The zero-order valence-electron chi connectivity index (χ0n) is 13.1. The molecule has 8 nitrogen and oxygen atoms in total. The van der Waals surface area contributed by atoms with Crippen molar-refractivity contribution >= 4 is 17.5 Å². The zero-order valence-corrected chi connectivity index (χ0v) is 13.9. The zero-order chi connectivity index (χ0) is 16.6. The molecular weight excluding hydrogens is 320 g/mol. The fourth-order valence-corrected chi connectivity index (χ4v) is 3.18. The summed E-state index contributed by atoms with van der Waals surface area (Å²) in [6.07, 6.45) is 4.36. The number of likely N-dealkylation sites (tertiary alicyclic amines) is 1. The molecule has 0 radical (unpaired) electrons. The molecule has 0 bridgehead atoms. The van der Waals surface area contributed by atoms with Gasteiger partial charge in [0, 0.05) is 19.8 Å². The largest absolute Gasteiger partial charge is 0.386 e. The van der Waals surface area contributed by atoms with E-state index in [0.717, 1.165) is 0 Å². The van der Waals surface area contributed by atoms with E-state index in [1.54, 1.807) is 29.0 Å². The predicted octanol–water partition coefficient (Wildman–Crippen LogP) is 0.505. The molecule has 0 aliphatic carbocycles. The summed E-state index contributed by atoms with van der Waals surface area (Å²) in [5.74, 6) is -0.186. The van der Waals surface area contributed by atoms with Crippen molar-refractivity contribution < 1.29 is 9.90 Å². The molecule has 9 heteroatoms. The van der Waals surface area contributed by atoms with Crippen molar-refractivity contribution in [2.45, 2.75) is 31.9 Å².